The Morgan fingerprint density at radius 2 is 1.80 bits per heavy atom. The zero-order chi connectivity index (χ0) is 21.3. The minimum absolute atomic E-state index is 0.0300. The third-order valence-corrected chi connectivity index (χ3v) is 8.70. The zero-order valence-electron chi connectivity index (χ0n) is 18.1. The summed E-state index contributed by atoms with van der Waals surface area (Å²) >= 11 is 0. The fourth-order valence-electron chi connectivity index (χ4n) is 5.34. The highest BCUT2D eigenvalue weighted by atomic mass is 32.2. The van der Waals surface area contributed by atoms with Crippen LogP contribution in [0, 0.1) is 19.8 Å². The van der Waals surface area contributed by atoms with Crippen molar-refractivity contribution in [2.24, 2.45) is 5.92 Å². The molecule has 30 heavy (non-hydrogen) atoms. The topological polar surface area (TPSA) is 60.6 Å². The van der Waals surface area contributed by atoms with Crippen LogP contribution in [-0.4, -0.2) is 49.9 Å². The molecule has 0 aliphatic carbocycles. The summed E-state index contributed by atoms with van der Waals surface area (Å²) in [5.41, 5.74) is 4.10. The van der Waals surface area contributed by atoms with Crippen LogP contribution in [0.1, 0.15) is 52.6 Å². The van der Waals surface area contributed by atoms with E-state index in [1.54, 1.807) is 0 Å². The van der Waals surface area contributed by atoms with Gasteiger partial charge in [0.05, 0.1) is 24.6 Å². The second kappa shape index (κ2) is 8.67. The second-order valence-corrected chi connectivity index (χ2v) is 11.4. The molecule has 2 aliphatic heterocycles. The molecule has 0 amide bonds. The Bertz CT molecular complexity index is 1000. The summed E-state index contributed by atoms with van der Waals surface area (Å²) in [7, 11) is -2.95. The lowest BCUT2D eigenvalue weighted by molar-refractivity contribution is -0.897. The summed E-state index contributed by atoms with van der Waals surface area (Å²) in [6.07, 6.45) is 4.10. The number of likely N-dealkylation sites (tertiary alicyclic amines) is 1. The maximum Gasteiger partial charge on any atom is 0.218 e. The molecule has 2 saturated heterocycles. The Morgan fingerprint density at radius 3 is 2.43 bits per heavy atom. The van der Waals surface area contributed by atoms with Gasteiger partial charge in [0.1, 0.15) is 6.54 Å². The van der Waals surface area contributed by atoms with Crippen LogP contribution in [0.15, 0.2) is 36.4 Å². The number of carbonyl (C=O) groups excluding carboxylic acids is 1. The molecule has 1 aromatic heterocycles. The second-order valence-electron chi connectivity index (χ2n) is 9.19. The lowest BCUT2D eigenvalue weighted by Gasteiger charge is -2.29. The maximum absolute atomic E-state index is 13.1. The molecular formula is C24H33N2O3S+. The van der Waals surface area contributed by atoms with Crippen LogP contribution in [0.25, 0.3) is 0 Å². The van der Waals surface area contributed by atoms with Gasteiger partial charge in [-0.3, -0.25) is 4.79 Å². The number of sulfone groups is 1. The van der Waals surface area contributed by atoms with E-state index in [2.05, 4.69) is 34.9 Å². The Labute approximate surface area is 180 Å². The highest BCUT2D eigenvalue weighted by molar-refractivity contribution is 7.91. The summed E-state index contributed by atoms with van der Waals surface area (Å²) in [6, 6.07) is 12.6. The van der Waals surface area contributed by atoms with Crippen molar-refractivity contribution in [1.29, 1.82) is 0 Å². The van der Waals surface area contributed by atoms with Gasteiger partial charge in [0.2, 0.25) is 5.78 Å². The van der Waals surface area contributed by atoms with Crippen molar-refractivity contribution in [1.82, 2.24) is 4.57 Å². The molecular weight excluding hydrogens is 396 g/mol. The third kappa shape index (κ3) is 4.70. The van der Waals surface area contributed by atoms with Gasteiger partial charge >= 0.3 is 0 Å². The lowest BCUT2D eigenvalue weighted by Crippen LogP contribution is -3.14. The van der Waals surface area contributed by atoms with E-state index >= 15 is 0 Å². The number of piperidine rings is 1. The standard InChI is InChI=1S/C24H32N2O3S/c1-18-14-23(19(2)26(18)22-10-13-30(28,29)17-22)24(27)16-25-11-8-21(9-12-25)15-20-6-4-3-5-7-20/h3-7,14,21-22H,8-13,15-17H2,1-2H3/p+1/t22-/m0/s1. The molecule has 0 radical (unpaired) electrons. The fraction of sp³-hybridized carbons (Fsp3) is 0.542. The predicted octanol–water partition coefficient (Wildman–Crippen LogP) is 2.18. The number of quaternary nitrogens is 1. The minimum Gasteiger partial charge on any atom is -0.344 e. The highest BCUT2D eigenvalue weighted by Crippen LogP contribution is 2.29. The first-order valence-electron chi connectivity index (χ1n) is 11.1. The molecule has 1 atom stereocenters. The Balaban J connectivity index is 1.35. The molecule has 2 aromatic rings. The van der Waals surface area contributed by atoms with Gasteiger partial charge in [-0.2, -0.15) is 0 Å². The molecule has 2 aliphatic rings. The summed E-state index contributed by atoms with van der Waals surface area (Å²) in [5.74, 6) is 1.34. The monoisotopic (exact) mass is 429 g/mol. The summed E-state index contributed by atoms with van der Waals surface area (Å²) in [6.45, 7) is 6.57. The largest absolute Gasteiger partial charge is 0.344 e. The average Bonchev–Trinajstić information content (AvgIpc) is 3.22. The number of aromatic nitrogens is 1. The molecule has 2 fully saturated rings. The molecule has 3 heterocycles. The fourth-order valence-corrected chi connectivity index (χ4v) is 7.04. The maximum atomic E-state index is 13.1. The number of benzene rings is 1. The van der Waals surface area contributed by atoms with Crippen LogP contribution in [0.3, 0.4) is 0 Å². The molecule has 0 unspecified atom stereocenters. The van der Waals surface area contributed by atoms with Crippen molar-refractivity contribution in [3.8, 4) is 0 Å². The van der Waals surface area contributed by atoms with Crippen LogP contribution in [0.4, 0.5) is 0 Å². The number of carbonyl (C=O) groups is 1. The van der Waals surface area contributed by atoms with Crippen molar-refractivity contribution in [3.05, 3.63) is 58.9 Å². The van der Waals surface area contributed by atoms with Crippen LogP contribution in [0.5, 0.6) is 0 Å². The van der Waals surface area contributed by atoms with Crippen molar-refractivity contribution in [2.75, 3.05) is 31.1 Å². The van der Waals surface area contributed by atoms with Crippen molar-refractivity contribution in [3.63, 3.8) is 0 Å². The van der Waals surface area contributed by atoms with Gasteiger partial charge in [-0.1, -0.05) is 30.3 Å². The van der Waals surface area contributed by atoms with Gasteiger partial charge in [-0.05, 0) is 57.1 Å². The average molecular weight is 430 g/mol. The van der Waals surface area contributed by atoms with Gasteiger partial charge in [0.15, 0.2) is 9.84 Å². The van der Waals surface area contributed by atoms with E-state index in [1.807, 2.05) is 19.9 Å². The SMILES string of the molecule is Cc1cc(C(=O)C[NH+]2CCC(Cc3ccccc3)CC2)c(C)n1[C@H]1CCS(=O)(=O)C1. The summed E-state index contributed by atoms with van der Waals surface area (Å²) < 4.78 is 25.9. The van der Waals surface area contributed by atoms with E-state index in [1.165, 1.54) is 10.5 Å². The number of aryl methyl sites for hydroxylation is 1. The van der Waals surface area contributed by atoms with E-state index in [0.717, 1.165) is 49.3 Å². The highest BCUT2D eigenvalue weighted by Gasteiger charge is 2.32. The van der Waals surface area contributed by atoms with Crippen LogP contribution in [0.2, 0.25) is 0 Å². The number of rotatable bonds is 6. The predicted molar refractivity (Wildman–Crippen MR) is 119 cm³/mol. The molecule has 162 valence electrons. The van der Waals surface area contributed by atoms with E-state index in [9.17, 15) is 13.2 Å². The Hall–Kier alpha value is -1.92. The molecule has 0 bridgehead atoms. The van der Waals surface area contributed by atoms with Gasteiger partial charge in [0.25, 0.3) is 0 Å². The van der Waals surface area contributed by atoms with E-state index in [0.29, 0.717) is 18.9 Å². The van der Waals surface area contributed by atoms with Crippen LogP contribution >= 0.6 is 0 Å². The van der Waals surface area contributed by atoms with Gasteiger partial charge in [0, 0.05) is 23.0 Å². The van der Waals surface area contributed by atoms with Crippen molar-refractivity contribution < 1.29 is 18.1 Å². The van der Waals surface area contributed by atoms with Gasteiger partial charge in [-0.15, -0.1) is 0 Å². The van der Waals surface area contributed by atoms with E-state index in [4.69, 9.17) is 0 Å². The number of ketones is 1. The summed E-state index contributed by atoms with van der Waals surface area (Å²) in [5, 5.41) is 0. The Kier molecular flexibility index (Phi) is 6.16. The Morgan fingerprint density at radius 1 is 1.10 bits per heavy atom. The van der Waals surface area contributed by atoms with Crippen LogP contribution < -0.4 is 4.90 Å². The van der Waals surface area contributed by atoms with E-state index in [-0.39, 0.29) is 23.3 Å². The number of nitrogens with one attached hydrogen (secondary N) is 1. The number of hydrogen-bond acceptors (Lipinski definition) is 3. The molecule has 0 saturated carbocycles. The summed E-state index contributed by atoms with van der Waals surface area (Å²) in [4.78, 5) is 14.4. The minimum atomic E-state index is -2.95. The molecule has 0 spiro atoms. The first-order valence-corrected chi connectivity index (χ1v) is 12.9. The lowest BCUT2D eigenvalue weighted by atomic mass is 9.90. The first kappa shape index (κ1) is 21.3. The smallest absolute Gasteiger partial charge is 0.218 e. The van der Waals surface area contributed by atoms with Gasteiger partial charge in [-0.25, -0.2) is 8.42 Å². The third-order valence-electron chi connectivity index (χ3n) is 6.95. The molecule has 1 aromatic carbocycles. The molecule has 5 nitrogen and oxygen atoms in total. The van der Waals surface area contributed by atoms with E-state index < -0.39 is 9.84 Å². The normalized spacial score (nSPS) is 26.0. The number of Topliss-reactive ketones (excluding diaryl/α,β-unsaturated/α-hetero) is 1. The molecule has 6 heteroatoms. The number of hydrogen-bond donors (Lipinski definition) is 1. The quantitative estimate of drug-likeness (QED) is 0.716. The molecule has 1 N–H and O–H groups in total. The van der Waals surface area contributed by atoms with Gasteiger partial charge < -0.3 is 9.47 Å². The first-order chi connectivity index (χ1) is 14.3. The number of nitrogens with zero attached hydrogens (tertiary/aromatic N) is 1. The van der Waals surface area contributed by atoms with Crippen LogP contribution in [-0.2, 0) is 16.3 Å². The molecule has 4 rings (SSSR count). The zero-order valence-corrected chi connectivity index (χ0v) is 18.9. The van der Waals surface area contributed by atoms with Crippen molar-refractivity contribution in [2.45, 2.75) is 45.6 Å². The van der Waals surface area contributed by atoms with Crippen molar-refractivity contribution >= 4 is 15.6 Å².